The lowest BCUT2D eigenvalue weighted by atomic mass is 9.78. The molecule has 1 aliphatic carbocycles. The van der Waals surface area contributed by atoms with Crippen LogP contribution in [0.4, 0.5) is 5.69 Å². The van der Waals surface area contributed by atoms with Crippen molar-refractivity contribution in [1.82, 2.24) is 5.32 Å². The van der Waals surface area contributed by atoms with E-state index in [0.29, 0.717) is 12.0 Å². The van der Waals surface area contributed by atoms with Crippen LogP contribution in [0.5, 0.6) is 0 Å². The van der Waals surface area contributed by atoms with Crippen molar-refractivity contribution in [2.75, 3.05) is 18.4 Å². The van der Waals surface area contributed by atoms with E-state index < -0.39 is 0 Å². The smallest absolute Gasteiger partial charge is 0.238 e. The number of carbonyl (C=O) groups is 1. The zero-order valence-electron chi connectivity index (χ0n) is 13.3. The van der Waals surface area contributed by atoms with E-state index in [4.69, 9.17) is 0 Å². The molecule has 116 valence electrons. The van der Waals surface area contributed by atoms with Crippen LogP contribution in [0.3, 0.4) is 0 Å². The minimum atomic E-state index is 0.0406. The summed E-state index contributed by atoms with van der Waals surface area (Å²) in [5, 5.41) is 6.30. The first-order valence-electron chi connectivity index (χ1n) is 8.15. The largest absolute Gasteiger partial charge is 0.325 e. The quantitative estimate of drug-likeness (QED) is 0.801. The first-order chi connectivity index (χ1) is 10.1. The number of benzene rings is 1. The minimum absolute atomic E-state index is 0.0406. The molecule has 2 N–H and O–H groups in total. The summed E-state index contributed by atoms with van der Waals surface area (Å²) in [5.74, 6) is 0.766. The Morgan fingerprint density at radius 3 is 2.48 bits per heavy atom. The van der Waals surface area contributed by atoms with Gasteiger partial charge in [0.15, 0.2) is 0 Å². The van der Waals surface area contributed by atoms with Crippen LogP contribution in [0.25, 0.3) is 0 Å². The predicted molar refractivity (Wildman–Crippen MR) is 88.3 cm³/mol. The topological polar surface area (TPSA) is 41.1 Å². The van der Waals surface area contributed by atoms with E-state index in [1.165, 1.54) is 32.1 Å². The van der Waals surface area contributed by atoms with Crippen LogP contribution >= 0.6 is 0 Å². The molecular weight excluding hydrogens is 260 g/mol. The Bertz CT molecular complexity index is 436. The van der Waals surface area contributed by atoms with Crippen LogP contribution in [-0.2, 0) is 4.79 Å². The summed E-state index contributed by atoms with van der Waals surface area (Å²) in [5.41, 5.74) is 1.28. The highest BCUT2D eigenvalue weighted by atomic mass is 16.1. The molecule has 0 aliphatic heterocycles. The van der Waals surface area contributed by atoms with Crippen LogP contribution in [0.1, 0.15) is 46.0 Å². The van der Waals surface area contributed by atoms with Crippen LogP contribution < -0.4 is 10.6 Å². The van der Waals surface area contributed by atoms with Gasteiger partial charge in [-0.25, -0.2) is 0 Å². The lowest BCUT2D eigenvalue weighted by Gasteiger charge is -2.31. The van der Waals surface area contributed by atoms with Gasteiger partial charge in [0.2, 0.25) is 5.91 Å². The van der Waals surface area contributed by atoms with Gasteiger partial charge in [-0.15, -0.1) is 0 Å². The molecule has 1 fully saturated rings. The predicted octanol–water partition coefficient (Wildman–Crippen LogP) is 3.82. The van der Waals surface area contributed by atoms with Gasteiger partial charge in [-0.3, -0.25) is 4.79 Å². The molecule has 3 heteroatoms. The zero-order valence-corrected chi connectivity index (χ0v) is 13.3. The third kappa shape index (κ3) is 5.16. The fourth-order valence-corrected chi connectivity index (χ4v) is 3.61. The highest BCUT2D eigenvalue weighted by Gasteiger charge is 2.33. The SMILES string of the molecule is CC(C)CC1(CNCC(=O)Nc2ccccc2)CCCC1. The molecule has 1 saturated carbocycles. The van der Waals surface area contributed by atoms with Gasteiger partial charge in [-0.05, 0) is 42.7 Å². The Morgan fingerprint density at radius 2 is 1.86 bits per heavy atom. The van der Waals surface area contributed by atoms with Gasteiger partial charge >= 0.3 is 0 Å². The van der Waals surface area contributed by atoms with Gasteiger partial charge < -0.3 is 10.6 Å². The molecule has 0 bridgehead atoms. The summed E-state index contributed by atoms with van der Waals surface area (Å²) in [6, 6.07) is 9.63. The molecule has 0 heterocycles. The molecule has 3 nitrogen and oxygen atoms in total. The molecule has 1 amide bonds. The van der Waals surface area contributed by atoms with Crippen molar-refractivity contribution >= 4 is 11.6 Å². The first kappa shape index (κ1) is 16.0. The Balaban J connectivity index is 1.76. The van der Waals surface area contributed by atoms with E-state index in [9.17, 15) is 4.79 Å². The number of nitrogens with one attached hydrogen (secondary N) is 2. The second-order valence-corrected chi connectivity index (χ2v) is 6.82. The highest BCUT2D eigenvalue weighted by molar-refractivity contribution is 5.92. The Morgan fingerprint density at radius 1 is 1.19 bits per heavy atom. The highest BCUT2D eigenvalue weighted by Crippen LogP contribution is 2.42. The molecule has 0 saturated heterocycles. The second-order valence-electron chi connectivity index (χ2n) is 6.82. The normalized spacial score (nSPS) is 17.1. The second kappa shape index (κ2) is 7.60. The lowest BCUT2D eigenvalue weighted by molar-refractivity contribution is -0.115. The summed E-state index contributed by atoms with van der Waals surface area (Å²) >= 11 is 0. The Labute approximate surface area is 128 Å². The van der Waals surface area contributed by atoms with Crippen molar-refractivity contribution in [1.29, 1.82) is 0 Å². The molecule has 2 rings (SSSR count). The molecule has 0 unspecified atom stereocenters. The van der Waals surface area contributed by atoms with Crippen molar-refractivity contribution in [2.45, 2.75) is 46.0 Å². The maximum atomic E-state index is 11.9. The van der Waals surface area contributed by atoms with Crippen molar-refractivity contribution in [3.05, 3.63) is 30.3 Å². The van der Waals surface area contributed by atoms with E-state index in [0.717, 1.165) is 18.2 Å². The molecule has 1 aromatic rings. The number of carbonyl (C=O) groups excluding carboxylic acids is 1. The summed E-state index contributed by atoms with van der Waals surface area (Å²) in [6.07, 6.45) is 6.55. The number of hydrogen-bond acceptors (Lipinski definition) is 2. The van der Waals surface area contributed by atoms with Crippen molar-refractivity contribution in [3.8, 4) is 0 Å². The van der Waals surface area contributed by atoms with Crippen molar-refractivity contribution in [3.63, 3.8) is 0 Å². The van der Waals surface area contributed by atoms with Gasteiger partial charge in [-0.2, -0.15) is 0 Å². The first-order valence-corrected chi connectivity index (χ1v) is 8.15. The number of hydrogen-bond donors (Lipinski definition) is 2. The van der Waals surface area contributed by atoms with Crippen LogP contribution in [0.2, 0.25) is 0 Å². The van der Waals surface area contributed by atoms with E-state index >= 15 is 0 Å². The van der Waals surface area contributed by atoms with E-state index in [1.54, 1.807) is 0 Å². The average molecular weight is 288 g/mol. The van der Waals surface area contributed by atoms with Gasteiger partial charge in [0.25, 0.3) is 0 Å². The Hall–Kier alpha value is -1.35. The number of amides is 1. The van der Waals surface area contributed by atoms with Gasteiger partial charge in [0, 0.05) is 12.2 Å². The molecule has 0 radical (unpaired) electrons. The standard InChI is InChI=1S/C18H28N2O/c1-15(2)12-18(10-6-7-11-18)14-19-13-17(21)20-16-8-4-3-5-9-16/h3-5,8-9,15,19H,6-7,10-14H2,1-2H3,(H,20,21). The number of para-hydroxylation sites is 1. The number of anilines is 1. The number of rotatable bonds is 7. The van der Waals surface area contributed by atoms with Crippen LogP contribution in [0.15, 0.2) is 30.3 Å². The van der Waals surface area contributed by atoms with Crippen LogP contribution in [0, 0.1) is 11.3 Å². The molecule has 0 aromatic heterocycles. The summed E-state index contributed by atoms with van der Waals surface area (Å²) < 4.78 is 0. The molecule has 0 atom stereocenters. The zero-order chi connectivity index (χ0) is 15.1. The summed E-state index contributed by atoms with van der Waals surface area (Å²) in [6.45, 7) is 5.95. The van der Waals surface area contributed by atoms with Crippen molar-refractivity contribution in [2.24, 2.45) is 11.3 Å². The summed E-state index contributed by atoms with van der Waals surface area (Å²) in [4.78, 5) is 11.9. The van der Waals surface area contributed by atoms with E-state index in [2.05, 4.69) is 24.5 Å². The fraction of sp³-hybridized carbons (Fsp3) is 0.611. The maximum absolute atomic E-state index is 11.9. The van der Waals surface area contributed by atoms with Crippen LogP contribution in [-0.4, -0.2) is 19.0 Å². The average Bonchev–Trinajstić information content (AvgIpc) is 2.87. The van der Waals surface area contributed by atoms with Gasteiger partial charge in [0.1, 0.15) is 0 Å². The fourth-order valence-electron chi connectivity index (χ4n) is 3.61. The molecule has 1 aromatic carbocycles. The molecule has 21 heavy (non-hydrogen) atoms. The molecule has 0 spiro atoms. The van der Waals surface area contributed by atoms with E-state index in [1.807, 2.05) is 30.3 Å². The molecule has 1 aliphatic rings. The third-order valence-corrected chi connectivity index (χ3v) is 4.35. The minimum Gasteiger partial charge on any atom is -0.325 e. The third-order valence-electron chi connectivity index (χ3n) is 4.35. The maximum Gasteiger partial charge on any atom is 0.238 e. The molecular formula is C18H28N2O. The van der Waals surface area contributed by atoms with E-state index in [-0.39, 0.29) is 5.91 Å². The lowest BCUT2D eigenvalue weighted by Crippen LogP contribution is -2.37. The Kier molecular flexibility index (Phi) is 5.80. The van der Waals surface area contributed by atoms with Gasteiger partial charge in [-0.1, -0.05) is 44.9 Å². The summed E-state index contributed by atoms with van der Waals surface area (Å²) in [7, 11) is 0. The monoisotopic (exact) mass is 288 g/mol. The van der Waals surface area contributed by atoms with Crippen molar-refractivity contribution < 1.29 is 4.79 Å². The van der Waals surface area contributed by atoms with Gasteiger partial charge in [0.05, 0.1) is 6.54 Å².